The predicted octanol–water partition coefficient (Wildman–Crippen LogP) is 0.670. The van der Waals surface area contributed by atoms with Crippen molar-refractivity contribution in [2.24, 2.45) is 10.8 Å². The first-order valence-electron chi connectivity index (χ1n) is 10.9. The van der Waals surface area contributed by atoms with Gasteiger partial charge in [0.2, 0.25) is 5.91 Å². The van der Waals surface area contributed by atoms with Crippen molar-refractivity contribution < 1.29 is 22.7 Å². The average molecular weight is 524 g/mol. The maximum absolute atomic E-state index is 13.7. The van der Waals surface area contributed by atoms with E-state index in [1.165, 1.54) is 36.5 Å². The van der Waals surface area contributed by atoms with Crippen LogP contribution in [-0.2, 0) is 32.5 Å². The molecule has 4 N–H and O–H groups in total. The lowest BCUT2D eigenvalue weighted by molar-refractivity contribution is -0.485. The van der Waals surface area contributed by atoms with Crippen molar-refractivity contribution in [2.75, 3.05) is 12.0 Å². The van der Waals surface area contributed by atoms with Gasteiger partial charge in [0.05, 0.1) is 5.75 Å². The maximum atomic E-state index is 13.7. The Balaban J connectivity index is 1.58. The minimum Gasteiger partial charge on any atom is -0.365 e. The second kappa shape index (κ2) is 12.2. The number of rotatable bonds is 9. The fraction of sp³-hybridized carbons (Fsp3) is 0.381. The summed E-state index contributed by atoms with van der Waals surface area (Å²) in [6.45, 7) is 1.92. The van der Waals surface area contributed by atoms with Gasteiger partial charge in [-0.25, -0.2) is 24.2 Å². The van der Waals surface area contributed by atoms with Gasteiger partial charge in [0, 0.05) is 30.4 Å². The lowest BCUT2D eigenvalue weighted by atomic mass is 9.97. The fourth-order valence-corrected chi connectivity index (χ4v) is 4.54. The quantitative estimate of drug-likeness (QED) is 0.185. The molecule has 3 rings (SSSR count). The number of piperidine rings is 1. The molecule has 1 amide bonds. The van der Waals surface area contributed by atoms with Crippen LogP contribution >= 0.6 is 0 Å². The molecule has 0 aliphatic carbocycles. The predicted molar refractivity (Wildman–Crippen MR) is 130 cm³/mol. The number of amides is 1. The van der Waals surface area contributed by atoms with E-state index in [1.807, 2.05) is 0 Å². The Morgan fingerprint density at radius 3 is 2.83 bits per heavy atom. The number of nitrogens with two attached hydrogens (primary N) is 1. The average Bonchev–Trinajstić information content (AvgIpc) is 2.82. The molecule has 194 valence electrons. The van der Waals surface area contributed by atoms with E-state index < -0.39 is 33.4 Å². The van der Waals surface area contributed by atoms with Crippen LogP contribution < -0.4 is 22.1 Å². The molecule has 36 heavy (non-hydrogen) atoms. The van der Waals surface area contributed by atoms with Crippen molar-refractivity contribution in [1.29, 1.82) is 0 Å². The Kier molecular flexibility index (Phi) is 9.08. The Bertz CT molecular complexity index is 1220. The fourth-order valence-electron chi connectivity index (χ4n) is 3.81. The Hall–Kier alpha value is -3.85. The van der Waals surface area contributed by atoms with Gasteiger partial charge in [0.1, 0.15) is 23.2 Å². The van der Waals surface area contributed by atoms with Crippen molar-refractivity contribution in [3.8, 4) is 0 Å². The van der Waals surface area contributed by atoms with Gasteiger partial charge in [-0.1, -0.05) is 18.2 Å². The Labute approximate surface area is 207 Å². The van der Waals surface area contributed by atoms with Crippen molar-refractivity contribution in [3.63, 3.8) is 0 Å². The third kappa shape index (κ3) is 7.08. The number of pyridine rings is 1. The van der Waals surface area contributed by atoms with Gasteiger partial charge in [0.25, 0.3) is 11.5 Å². The number of halogens is 1. The van der Waals surface area contributed by atoms with Gasteiger partial charge in [-0.2, -0.15) is 4.28 Å². The minimum atomic E-state index is -1.97. The van der Waals surface area contributed by atoms with Gasteiger partial charge in [-0.15, -0.1) is 0 Å². The number of hydrogen-bond donors (Lipinski definition) is 3. The van der Waals surface area contributed by atoms with E-state index in [4.69, 9.17) is 10.0 Å². The summed E-state index contributed by atoms with van der Waals surface area (Å²) in [5, 5.41) is 15.7. The van der Waals surface area contributed by atoms with Crippen LogP contribution in [0, 0.1) is 15.9 Å². The highest BCUT2D eigenvalue weighted by atomic mass is 32.2. The van der Waals surface area contributed by atoms with Crippen molar-refractivity contribution in [1.82, 2.24) is 14.8 Å². The highest BCUT2D eigenvalue weighted by Gasteiger charge is 2.31. The summed E-state index contributed by atoms with van der Waals surface area (Å²) in [4.78, 5) is 37.5. The van der Waals surface area contributed by atoms with E-state index in [1.54, 1.807) is 17.9 Å². The summed E-state index contributed by atoms with van der Waals surface area (Å²) in [6.07, 6.45) is 2.65. The number of nitro groups is 1. The van der Waals surface area contributed by atoms with Gasteiger partial charge >= 0.3 is 0 Å². The second-order valence-corrected chi connectivity index (χ2v) is 9.09. The molecule has 2 aromatic rings. The molecule has 1 aromatic carbocycles. The van der Waals surface area contributed by atoms with E-state index in [0.29, 0.717) is 19.4 Å². The van der Waals surface area contributed by atoms with E-state index in [2.05, 4.69) is 15.9 Å². The first kappa shape index (κ1) is 26.7. The lowest BCUT2D eigenvalue weighted by Gasteiger charge is -2.39. The molecule has 0 spiro atoms. The van der Waals surface area contributed by atoms with Crippen LogP contribution in [0.15, 0.2) is 52.5 Å². The van der Waals surface area contributed by atoms with Gasteiger partial charge < -0.3 is 20.5 Å². The molecular formula is C21H26FN7O6S. The molecule has 1 aliphatic heterocycles. The van der Waals surface area contributed by atoms with Crippen LogP contribution in [0.25, 0.3) is 0 Å². The molecule has 1 aromatic heterocycles. The van der Waals surface area contributed by atoms with E-state index in [9.17, 15) is 28.3 Å². The number of hydrazone groups is 1. The highest BCUT2D eigenvalue weighted by molar-refractivity contribution is 7.79. The van der Waals surface area contributed by atoms with Gasteiger partial charge in [-0.3, -0.25) is 9.59 Å². The molecule has 15 heteroatoms. The molecule has 0 saturated carbocycles. The number of carbonyl (C=O) groups excluding carboxylic acids is 1. The van der Waals surface area contributed by atoms with Crippen molar-refractivity contribution >= 4 is 28.6 Å². The molecule has 3 atom stereocenters. The zero-order valence-corrected chi connectivity index (χ0v) is 20.2. The summed E-state index contributed by atoms with van der Waals surface area (Å²) in [5.74, 6) is -1.45. The summed E-state index contributed by atoms with van der Waals surface area (Å²) >= 11 is -1.97. The number of guanidine groups is 1. The number of carbonyl (C=O) groups is 1. The van der Waals surface area contributed by atoms with Crippen LogP contribution in [0.3, 0.4) is 0 Å². The van der Waals surface area contributed by atoms with Crippen LogP contribution in [0.4, 0.5) is 10.1 Å². The second-order valence-electron chi connectivity index (χ2n) is 8.03. The Morgan fingerprint density at radius 2 is 2.11 bits per heavy atom. The molecule has 0 bridgehead atoms. The number of aromatic nitrogens is 1. The molecule has 13 nitrogen and oxygen atoms in total. The van der Waals surface area contributed by atoms with E-state index in [0.717, 1.165) is 4.57 Å². The number of anilines is 1. The normalized spacial score (nSPS) is 18.9. The number of benzene rings is 1. The van der Waals surface area contributed by atoms with Crippen LogP contribution in [0.5, 0.6) is 0 Å². The zero-order valence-electron chi connectivity index (χ0n) is 19.3. The van der Waals surface area contributed by atoms with Crippen molar-refractivity contribution in [3.05, 3.63) is 74.4 Å². The standard InChI is InChI=1S/C21H26FN7O6S/c1-14-17(8-5-11-28(14)21(23)25-29(32)33)24-19(30)12-27-10-4-9-18(20(27)31)26-35-36(34)13-15-6-2-3-7-16(15)22/h2-4,6-7,9-10,14,17,26H,5,8,11-13H2,1H3,(H2,23,25)(H,24,30). The third-order valence-electron chi connectivity index (χ3n) is 5.62. The summed E-state index contributed by atoms with van der Waals surface area (Å²) in [5.41, 5.74) is 7.56. The Morgan fingerprint density at radius 1 is 1.36 bits per heavy atom. The van der Waals surface area contributed by atoms with Crippen LogP contribution in [-0.4, -0.2) is 49.2 Å². The van der Waals surface area contributed by atoms with Crippen molar-refractivity contribution in [2.45, 2.75) is 44.1 Å². The number of hydrogen-bond acceptors (Lipinski definition) is 7. The first-order chi connectivity index (χ1) is 17.2. The molecule has 0 radical (unpaired) electrons. The summed E-state index contributed by atoms with van der Waals surface area (Å²) in [6, 6.07) is 7.98. The first-order valence-corrected chi connectivity index (χ1v) is 12.2. The lowest BCUT2D eigenvalue weighted by Crippen LogP contribution is -2.58. The molecule has 1 fully saturated rings. The van der Waals surface area contributed by atoms with Gasteiger partial charge in [-0.05, 0) is 38.0 Å². The molecule has 1 saturated heterocycles. The largest absolute Gasteiger partial charge is 0.365 e. The molecule has 2 heterocycles. The number of likely N-dealkylation sites (tertiary alicyclic amines) is 1. The van der Waals surface area contributed by atoms with Crippen LogP contribution in [0.2, 0.25) is 0 Å². The highest BCUT2D eigenvalue weighted by Crippen LogP contribution is 2.17. The number of nitrogens with one attached hydrogen (secondary N) is 2. The molecule has 1 aliphatic rings. The topological polar surface area (TPSA) is 174 Å². The summed E-state index contributed by atoms with van der Waals surface area (Å²) < 4.78 is 32.0. The van der Waals surface area contributed by atoms with E-state index >= 15 is 0 Å². The maximum Gasteiger partial charge on any atom is 0.276 e. The SMILES string of the molecule is CC1C(NC(=O)Cn2cccc(NOS(=O)Cc3ccccc3F)c2=O)CCCN1/C(N)=N/[N+](=O)[O-]. The van der Waals surface area contributed by atoms with Crippen LogP contribution in [0.1, 0.15) is 25.3 Å². The van der Waals surface area contributed by atoms with E-state index in [-0.39, 0.29) is 41.6 Å². The monoisotopic (exact) mass is 523 g/mol. The molecule has 3 unspecified atom stereocenters. The third-order valence-corrected chi connectivity index (χ3v) is 6.44. The summed E-state index contributed by atoms with van der Waals surface area (Å²) in [7, 11) is 0. The zero-order chi connectivity index (χ0) is 26.2. The number of nitrogens with zero attached hydrogens (tertiary/aromatic N) is 4. The van der Waals surface area contributed by atoms with Gasteiger partial charge in [0.15, 0.2) is 16.1 Å². The smallest absolute Gasteiger partial charge is 0.276 e. The minimum absolute atomic E-state index is 0.0619. The molecular weight excluding hydrogens is 497 g/mol.